The molecule has 2 atom stereocenters. The maximum atomic E-state index is 12.4. The van der Waals surface area contributed by atoms with E-state index in [1.165, 1.54) is 4.90 Å². The van der Waals surface area contributed by atoms with Crippen LogP contribution < -0.4 is 20.1 Å². The van der Waals surface area contributed by atoms with Crippen molar-refractivity contribution in [2.75, 3.05) is 26.5 Å². The van der Waals surface area contributed by atoms with Crippen LogP contribution in [0.3, 0.4) is 0 Å². The zero-order valence-electron chi connectivity index (χ0n) is 19.1. The Morgan fingerprint density at radius 3 is 2.67 bits per heavy atom. The first-order valence-corrected chi connectivity index (χ1v) is 12.3. The molecule has 0 radical (unpaired) electrons. The molecule has 3 N–H and O–H groups in total. The SMILES string of the molecule is COc1cccc(OC[C@@H](O)CNC(=O)CC[C@]2(Cc3ccc(SC)cc3)CCC(=O)N2)c1. The Hall–Kier alpha value is -2.71. The van der Waals surface area contributed by atoms with Gasteiger partial charge in [0.15, 0.2) is 0 Å². The van der Waals surface area contributed by atoms with Crippen molar-refractivity contribution < 1.29 is 24.2 Å². The molecule has 0 aromatic heterocycles. The van der Waals surface area contributed by atoms with E-state index in [0.29, 0.717) is 37.2 Å². The molecule has 8 heteroatoms. The second kappa shape index (κ2) is 12.0. The van der Waals surface area contributed by atoms with E-state index in [1.54, 1.807) is 37.1 Å². The molecule has 178 valence electrons. The van der Waals surface area contributed by atoms with Gasteiger partial charge < -0.3 is 25.2 Å². The van der Waals surface area contributed by atoms with Gasteiger partial charge in [0.2, 0.25) is 11.8 Å². The van der Waals surface area contributed by atoms with Crippen molar-refractivity contribution in [1.29, 1.82) is 0 Å². The van der Waals surface area contributed by atoms with Crippen LogP contribution in [-0.4, -0.2) is 55.1 Å². The zero-order chi connectivity index (χ0) is 23.7. The van der Waals surface area contributed by atoms with Crippen molar-refractivity contribution in [3.05, 3.63) is 54.1 Å². The molecule has 1 aliphatic rings. The Labute approximate surface area is 199 Å². The number of hydrogen-bond donors (Lipinski definition) is 3. The van der Waals surface area contributed by atoms with Gasteiger partial charge in [-0.3, -0.25) is 9.59 Å². The predicted octanol–water partition coefficient (Wildman–Crippen LogP) is 2.94. The summed E-state index contributed by atoms with van der Waals surface area (Å²) < 4.78 is 10.7. The third kappa shape index (κ3) is 7.68. The van der Waals surface area contributed by atoms with Gasteiger partial charge in [0.1, 0.15) is 24.2 Å². The number of carbonyl (C=O) groups is 2. The van der Waals surface area contributed by atoms with E-state index >= 15 is 0 Å². The van der Waals surface area contributed by atoms with Crippen LogP contribution in [0.5, 0.6) is 11.5 Å². The third-order valence-electron chi connectivity index (χ3n) is 5.79. The average molecular weight is 473 g/mol. The molecule has 7 nitrogen and oxygen atoms in total. The van der Waals surface area contributed by atoms with Gasteiger partial charge >= 0.3 is 0 Å². The molecule has 0 bridgehead atoms. The summed E-state index contributed by atoms with van der Waals surface area (Å²) in [7, 11) is 1.58. The molecule has 0 saturated carbocycles. The van der Waals surface area contributed by atoms with Crippen LogP contribution in [0.4, 0.5) is 0 Å². The summed E-state index contributed by atoms with van der Waals surface area (Å²) in [5, 5.41) is 16.0. The van der Waals surface area contributed by atoms with Crippen molar-refractivity contribution in [2.45, 2.75) is 48.6 Å². The van der Waals surface area contributed by atoms with Gasteiger partial charge in [0.25, 0.3) is 0 Å². The number of hydrogen-bond acceptors (Lipinski definition) is 6. The lowest BCUT2D eigenvalue weighted by atomic mass is 9.85. The largest absolute Gasteiger partial charge is 0.497 e. The molecule has 1 fully saturated rings. The number of aliphatic hydroxyl groups excluding tert-OH is 1. The van der Waals surface area contributed by atoms with Gasteiger partial charge in [-0.1, -0.05) is 18.2 Å². The van der Waals surface area contributed by atoms with Crippen LogP contribution in [-0.2, 0) is 16.0 Å². The van der Waals surface area contributed by atoms with Gasteiger partial charge in [-0.05, 0) is 55.3 Å². The topological polar surface area (TPSA) is 96.9 Å². The summed E-state index contributed by atoms with van der Waals surface area (Å²) >= 11 is 1.69. The first-order chi connectivity index (χ1) is 15.9. The smallest absolute Gasteiger partial charge is 0.220 e. The van der Waals surface area contributed by atoms with Gasteiger partial charge in [0, 0.05) is 35.9 Å². The normalized spacial score (nSPS) is 18.5. The molecule has 2 aromatic rings. The second-order valence-electron chi connectivity index (χ2n) is 8.30. The molecule has 1 saturated heterocycles. The van der Waals surface area contributed by atoms with E-state index in [1.807, 2.05) is 12.3 Å². The molecular weight excluding hydrogens is 440 g/mol. The highest BCUT2D eigenvalue weighted by molar-refractivity contribution is 7.98. The van der Waals surface area contributed by atoms with Crippen LogP contribution in [0.2, 0.25) is 0 Å². The van der Waals surface area contributed by atoms with Crippen LogP contribution in [0.1, 0.15) is 31.2 Å². The Kier molecular flexibility index (Phi) is 9.03. The molecule has 1 aliphatic heterocycles. The maximum Gasteiger partial charge on any atom is 0.220 e. The third-order valence-corrected chi connectivity index (χ3v) is 6.53. The lowest BCUT2D eigenvalue weighted by molar-refractivity contribution is -0.123. The van der Waals surface area contributed by atoms with Crippen molar-refractivity contribution in [1.82, 2.24) is 10.6 Å². The minimum atomic E-state index is -0.838. The van der Waals surface area contributed by atoms with Gasteiger partial charge in [0.05, 0.1) is 7.11 Å². The Balaban J connectivity index is 1.45. The number of thioether (sulfide) groups is 1. The van der Waals surface area contributed by atoms with Gasteiger partial charge in [-0.15, -0.1) is 11.8 Å². The fourth-order valence-corrected chi connectivity index (χ4v) is 4.34. The number of rotatable bonds is 12. The van der Waals surface area contributed by atoms with Gasteiger partial charge in [-0.25, -0.2) is 0 Å². The molecule has 2 aromatic carbocycles. The van der Waals surface area contributed by atoms with E-state index in [0.717, 1.165) is 5.56 Å². The van der Waals surface area contributed by atoms with Crippen molar-refractivity contribution in [3.63, 3.8) is 0 Å². The molecular formula is C25H32N2O5S. The number of aliphatic hydroxyl groups is 1. The number of benzene rings is 2. The van der Waals surface area contributed by atoms with E-state index in [9.17, 15) is 14.7 Å². The molecule has 0 unspecified atom stereocenters. The van der Waals surface area contributed by atoms with Crippen molar-refractivity contribution in [2.24, 2.45) is 0 Å². The summed E-state index contributed by atoms with van der Waals surface area (Å²) in [6.07, 6.45) is 3.89. The molecule has 33 heavy (non-hydrogen) atoms. The number of nitrogens with one attached hydrogen (secondary N) is 2. The van der Waals surface area contributed by atoms with Gasteiger partial charge in [-0.2, -0.15) is 0 Å². The predicted molar refractivity (Wildman–Crippen MR) is 129 cm³/mol. The highest BCUT2D eigenvalue weighted by atomic mass is 32.2. The van der Waals surface area contributed by atoms with E-state index < -0.39 is 11.6 Å². The Bertz CT molecular complexity index is 937. The van der Waals surface area contributed by atoms with Crippen molar-refractivity contribution >= 4 is 23.6 Å². The van der Waals surface area contributed by atoms with E-state index in [4.69, 9.17) is 9.47 Å². The Morgan fingerprint density at radius 1 is 1.24 bits per heavy atom. The maximum absolute atomic E-state index is 12.4. The highest BCUT2D eigenvalue weighted by Crippen LogP contribution is 2.30. The number of carbonyl (C=O) groups excluding carboxylic acids is 2. The van der Waals surface area contributed by atoms with Crippen molar-refractivity contribution in [3.8, 4) is 11.5 Å². The van der Waals surface area contributed by atoms with Crippen LogP contribution in [0, 0.1) is 0 Å². The molecule has 2 amide bonds. The summed E-state index contributed by atoms with van der Waals surface area (Å²) in [5.74, 6) is 1.13. The van der Waals surface area contributed by atoms with Crippen LogP contribution in [0.25, 0.3) is 0 Å². The average Bonchev–Trinajstić information content (AvgIpc) is 3.21. The minimum absolute atomic E-state index is 0.0289. The number of ether oxygens (including phenoxy) is 2. The number of methoxy groups -OCH3 is 1. The quantitative estimate of drug-likeness (QED) is 0.411. The molecule has 0 aliphatic carbocycles. The van der Waals surface area contributed by atoms with E-state index in [-0.39, 0.29) is 31.4 Å². The monoisotopic (exact) mass is 472 g/mol. The molecule has 3 rings (SSSR count). The first-order valence-electron chi connectivity index (χ1n) is 11.1. The summed E-state index contributed by atoms with van der Waals surface area (Å²) in [4.78, 5) is 25.6. The lowest BCUT2D eigenvalue weighted by Gasteiger charge is -2.29. The lowest BCUT2D eigenvalue weighted by Crippen LogP contribution is -2.45. The second-order valence-corrected chi connectivity index (χ2v) is 9.18. The Morgan fingerprint density at radius 2 is 2.00 bits per heavy atom. The highest BCUT2D eigenvalue weighted by Gasteiger charge is 2.37. The summed E-state index contributed by atoms with van der Waals surface area (Å²) in [6, 6.07) is 15.4. The summed E-state index contributed by atoms with van der Waals surface area (Å²) in [5.41, 5.74) is 0.726. The fraction of sp³-hybridized carbons (Fsp3) is 0.440. The first kappa shape index (κ1) is 24.9. The standard InChI is InChI=1S/C25H32N2O5S/c1-31-20-4-3-5-21(14-20)32-17-19(28)16-26-23(29)10-12-25(13-11-24(30)27-25)15-18-6-8-22(33-2)9-7-18/h3-9,14,19,28H,10-13,15-17H2,1-2H3,(H,26,29)(H,27,30)/t19-,25+/m0/s1. The minimum Gasteiger partial charge on any atom is -0.497 e. The summed E-state index contributed by atoms with van der Waals surface area (Å²) in [6.45, 7) is 0.151. The zero-order valence-corrected chi connectivity index (χ0v) is 20.0. The van der Waals surface area contributed by atoms with Crippen LogP contribution >= 0.6 is 11.8 Å². The van der Waals surface area contributed by atoms with E-state index in [2.05, 4.69) is 34.9 Å². The van der Waals surface area contributed by atoms with Crippen LogP contribution in [0.15, 0.2) is 53.4 Å². The molecule has 0 spiro atoms. The molecule has 1 heterocycles. The fourth-order valence-electron chi connectivity index (χ4n) is 3.93. The number of amides is 2.